The van der Waals surface area contributed by atoms with Gasteiger partial charge in [0.25, 0.3) is 0 Å². The normalized spacial score (nSPS) is 24.9. The highest BCUT2D eigenvalue weighted by Gasteiger charge is 2.29. The van der Waals surface area contributed by atoms with Gasteiger partial charge in [-0.3, -0.25) is 4.79 Å². The Balaban J connectivity index is 2.18. The van der Waals surface area contributed by atoms with Crippen molar-refractivity contribution in [1.29, 1.82) is 0 Å². The standard InChI is InChI=1S/C15H30N2O/c1-15(2,3)12-6-8-13(9-7-12)16-11-10-14(18)17(4)5/h12-13,16H,6-11H2,1-5H3. The van der Waals surface area contributed by atoms with Gasteiger partial charge in [0.15, 0.2) is 0 Å². The molecule has 1 N–H and O–H groups in total. The molecule has 1 rings (SSSR count). The summed E-state index contributed by atoms with van der Waals surface area (Å²) >= 11 is 0. The van der Waals surface area contributed by atoms with Crippen LogP contribution in [-0.4, -0.2) is 37.5 Å². The minimum atomic E-state index is 0.214. The maximum atomic E-state index is 11.5. The lowest BCUT2D eigenvalue weighted by atomic mass is 9.71. The lowest BCUT2D eigenvalue weighted by molar-refractivity contribution is -0.128. The first-order valence-corrected chi connectivity index (χ1v) is 7.24. The Morgan fingerprint density at radius 2 is 1.72 bits per heavy atom. The average Bonchev–Trinajstić information content (AvgIpc) is 2.28. The molecule has 18 heavy (non-hydrogen) atoms. The van der Waals surface area contributed by atoms with E-state index in [0.717, 1.165) is 12.5 Å². The first-order valence-electron chi connectivity index (χ1n) is 7.24. The van der Waals surface area contributed by atoms with E-state index in [1.807, 2.05) is 14.1 Å². The second kappa shape index (κ2) is 6.55. The number of hydrogen-bond acceptors (Lipinski definition) is 2. The van der Waals surface area contributed by atoms with E-state index in [-0.39, 0.29) is 5.91 Å². The van der Waals surface area contributed by atoms with Gasteiger partial charge in [0.2, 0.25) is 5.91 Å². The van der Waals surface area contributed by atoms with E-state index in [1.165, 1.54) is 25.7 Å². The summed E-state index contributed by atoms with van der Waals surface area (Å²) in [5, 5.41) is 3.53. The quantitative estimate of drug-likeness (QED) is 0.836. The van der Waals surface area contributed by atoms with Gasteiger partial charge in [0, 0.05) is 33.1 Å². The predicted octanol–water partition coefficient (Wildman–Crippen LogP) is 2.66. The molecule has 0 aromatic rings. The summed E-state index contributed by atoms with van der Waals surface area (Å²) in [4.78, 5) is 13.1. The van der Waals surface area contributed by atoms with Crippen LogP contribution in [-0.2, 0) is 4.79 Å². The summed E-state index contributed by atoms with van der Waals surface area (Å²) in [6, 6.07) is 0.624. The molecule has 0 unspecified atom stereocenters. The molecule has 0 aromatic heterocycles. The molecule has 3 heteroatoms. The number of carbonyl (C=O) groups is 1. The zero-order valence-electron chi connectivity index (χ0n) is 12.8. The minimum absolute atomic E-state index is 0.214. The summed E-state index contributed by atoms with van der Waals surface area (Å²) in [6.45, 7) is 7.87. The van der Waals surface area contributed by atoms with E-state index in [9.17, 15) is 4.79 Å². The van der Waals surface area contributed by atoms with Gasteiger partial charge in [0.05, 0.1) is 0 Å². The molecule has 0 spiro atoms. The second-order valence-electron chi connectivity index (χ2n) is 6.91. The van der Waals surface area contributed by atoms with Crippen LogP contribution in [0.5, 0.6) is 0 Å². The van der Waals surface area contributed by atoms with Gasteiger partial charge >= 0.3 is 0 Å². The molecule has 0 aromatic carbocycles. The summed E-state index contributed by atoms with van der Waals surface area (Å²) in [6.07, 6.45) is 5.79. The van der Waals surface area contributed by atoms with Gasteiger partial charge in [-0.1, -0.05) is 20.8 Å². The molecular formula is C15H30N2O. The maximum Gasteiger partial charge on any atom is 0.223 e. The molecule has 1 amide bonds. The van der Waals surface area contributed by atoms with Crippen molar-refractivity contribution in [3.05, 3.63) is 0 Å². The van der Waals surface area contributed by atoms with Crippen molar-refractivity contribution < 1.29 is 4.79 Å². The summed E-state index contributed by atoms with van der Waals surface area (Å²) < 4.78 is 0. The van der Waals surface area contributed by atoms with E-state index in [4.69, 9.17) is 0 Å². The largest absolute Gasteiger partial charge is 0.349 e. The number of rotatable bonds is 4. The van der Waals surface area contributed by atoms with E-state index in [1.54, 1.807) is 4.90 Å². The third-order valence-corrected chi connectivity index (χ3v) is 4.22. The molecule has 0 heterocycles. The Kier molecular flexibility index (Phi) is 5.64. The third kappa shape index (κ3) is 4.97. The van der Waals surface area contributed by atoms with Crippen LogP contribution in [0.4, 0.5) is 0 Å². The zero-order valence-corrected chi connectivity index (χ0v) is 12.8. The van der Waals surface area contributed by atoms with Gasteiger partial charge < -0.3 is 10.2 Å². The molecule has 1 aliphatic rings. The summed E-state index contributed by atoms with van der Waals surface area (Å²) in [5.41, 5.74) is 0.450. The van der Waals surface area contributed by atoms with E-state index in [0.29, 0.717) is 17.9 Å². The van der Waals surface area contributed by atoms with Crippen LogP contribution < -0.4 is 5.32 Å². The van der Waals surface area contributed by atoms with Gasteiger partial charge in [0.1, 0.15) is 0 Å². The fraction of sp³-hybridized carbons (Fsp3) is 0.933. The number of carbonyl (C=O) groups excluding carboxylic acids is 1. The first-order chi connectivity index (χ1) is 8.30. The Bertz CT molecular complexity index is 260. The summed E-state index contributed by atoms with van der Waals surface area (Å²) in [5.74, 6) is 1.07. The molecule has 0 bridgehead atoms. The molecule has 0 atom stereocenters. The van der Waals surface area contributed by atoms with Crippen molar-refractivity contribution in [3.63, 3.8) is 0 Å². The van der Waals surface area contributed by atoms with Crippen LogP contribution in [0.25, 0.3) is 0 Å². The van der Waals surface area contributed by atoms with Gasteiger partial charge in [-0.2, -0.15) is 0 Å². The van der Waals surface area contributed by atoms with E-state index >= 15 is 0 Å². The van der Waals surface area contributed by atoms with Crippen LogP contribution in [0.15, 0.2) is 0 Å². The van der Waals surface area contributed by atoms with Crippen LogP contribution in [0.3, 0.4) is 0 Å². The SMILES string of the molecule is CN(C)C(=O)CCNC1CCC(C(C)(C)C)CC1. The molecular weight excluding hydrogens is 224 g/mol. The Hall–Kier alpha value is -0.570. The Labute approximate surface area is 112 Å². The molecule has 1 saturated carbocycles. The molecule has 1 aliphatic carbocycles. The highest BCUT2D eigenvalue weighted by Crippen LogP contribution is 2.37. The number of hydrogen-bond donors (Lipinski definition) is 1. The topological polar surface area (TPSA) is 32.3 Å². The molecule has 0 radical (unpaired) electrons. The predicted molar refractivity (Wildman–Crippen MR) is 76.5 cm³/mol. The fourth-order valence-corrected chi connectivity index (χ4v) is 2.77. The van der Waals surface area contributed by atoms with Crippen LogP contribution in [0.1, 0.15) is 52.9 Å². The van der Waals surface area contributed by atoms with Crippen molar-refractivity contribution in [1.82, 2.24) is 10.2 Å². The van der Waals surface area contributed by atoms with Crippen molar-refractivity contribution in [2.45, 2.75) is 58.9 Å². The zero-order chi connectivity index (χ0) is 13.8. The highest BCUT2D eigenvalue weighted by atomic mass is 16.2. The van der Waals surface area contributed by atoms with Crippen molar-refractivity contribution in [2.75, 3.05) is 20.6 Å². The third-order valence-electron chi connectivity index (χ3n) is 4.22. The number of nitrogens with zero attached hydrogens (tertiary/aromatic N) is 1. The molecule has 106 valence electrons. The lowest BCUT2D eigenvalue weighted by Crippen LogP contribution is -2.38. The highest BCUT2D eigenvalue weighted by molar-refractivity contribution is 5.75. The van der Waals surface area contributed by atoms with Crippen molar-refractivity contribution in [3.8, 4) is 0 Å². The Morgan fingerprint density at radius 1 is 1.17 bits per heavy atom. The smallest absolute Gasteiger partial charge is 0.223 e. The minimum Gasteiger partial charge on any atom is -0.349 e. The van der Waals surface area contributed by atoms with Gasteiger partial charge in [-0.25, -0.2) is 0 Å². The average molecular weight is 254 g/mol. The van der Waals surface area contributed by atoms with Crippen LogP contribution >= 0.6 is 0 Å². The van der Waals surface area contributed by atoms with E-state index < -0.39 is 0 Å². The Morgan fingerprint density at radius 3 is 2.17 bits per heavy atom. The van der Waals surface area contributed by atoms with Gasteiger partial charge in [-0.15, -0.1) is 0 Å². The molecule has 3 nitrogen and oxygen atoms in total. The second-order valence-corrected chi connectivity index (χ2v) is 6.91. The molecule has 1 fully saturated rings. The number of nitrogens with one attached hydrogen (secondary N) is 1. The van der Waals surface area contributed by atoms with Crippen molar-refractivity contribution in [2.24, 2.45) is 11.3 Å². The van der Waals surface area contributed by atoms with Crippen molar-refractivity contribution >= 4 is 5.91 Å². The van der Waals surface area contributed by atoms with Crippen LogP contribution in [0, 0.1) is 11.3 Å². The molecule has 0 saturated heterocycles. The first kappa shape index (κ1) is 15.5. The van der Waals surface area contributed by atoms with Gasteiger partial charge in [-0.05, 0) is 37.0 Å². The monoisotopic (exact) mass is 254 g/mol. The van der Waals surface area contributed by atoms with E-state index in [2.05, 4.69) is 26.1 Å². The number of amides is 1. The fourth-order valence-electron chi connectivity index (χ4n) is 2.77. The molecule has 0 aliphatic heterocycles. The summed E-state index contributed by atoms with van der Waals surface area (Å²) in [7, 11) is 3.63. The lowest BCUT2D eigenvalue weighted by Gasteiger charge is -2.37. The maximum absolute atomic E-state index is 11.5. The van der Waals surface area contributed by atoms with Crippen LogP contribution in [0.2, 0.25) is 0 Å².